The van der Waals surface area contributed by atoms with Crippen molar-refractivity contribution < 1.29 is 9.15 Å². The molecule has 3 heteroatoms. The van der Waals surface area contributed by atoms with Crippen molar-refractivity contribution in [3.8, 4) is 0 Å². The van der Waals surface area contributed by atoms with Crippen molar-refractivity contribution >= 4 is 0 Å². The highest BCUT2D eigenvalue weighted by atomic mass is 16.5. The molecule has 0 aromatic carbocycles. The van der Waals surface area contributed by atoms with Gasteiger partial charge in [-0.1, -0.05) is 13.8 Å². The Morgan fingerprint density at radius 3 is 2.65 bits per heavy atom. The van der Waals surface area contributed by atoms with Crippen molar-refractivity contribution in [2.75, 3.05) is 0 Å². The SMILES string of the molecule is CC1CC(C)CC(OCc2occc2CNC2CC2)C1. The van der Waals surface area contributed by atoms with Crippen molar-refractivity contribution in [1.29, 1.82) is 0 Å². The Hall–Kier alpha value is -0.800. The lowest BCUT2D eigenvalue weighted by Gasteiger charge is -2.31. The van der Waals surface area contributed by atoms with Crippen LogP contribution < -0.4 is 5.32 Å². The van der Waals surface area contributed by atoms with E-state index in [4.69, 9.17) is 9.15 Å². The Kier molecular flexibility index (Phi) is 4.47. The number of ether oxygens (including phenoxy) is 1. The Labute approximate surface area is 122 Å². The number of hydrogen-bond donors (Lipinski definition) is 1. The summed E-state index contributed by atoms with van der Waals surface area (Å²) in [5.74, 6) is 2.58. The average molecular weight is 277 g/mol. The molecule has 1 N–H and O–H groups in total. The fraction of sp³-hybridized carbons (Fsp3) is 0.765. The van der Waals surface area contributed by atoms with E-state index in [0.717, 1.165) is 30.2 Å². The zero-order valence-corrected chi connectivity index (χ0v) is 12.7. The lowest BCUT2D eigenvalue weighted by atomic mass is 9.82. The van der Waals surface area contributed by atoms with Gasteiger partial charge in [-0.15, -0.1) is 0 Å². The van der Waals surface area contributed by atoms with Crippen LogP contribution in [0.1, 0.15) is 57.3 Å². The van der Waals surface area contributed by atoms with Gasteiger partial charge in [-0.05, 0) is 50.0 Å². The predicted molar refractivity (Wildman–Crippen MR) is 79.3 cm³/mol. The number of rotatable bonds is 6. The van der Waals surface area contributed by atoms with Crippen LogP contribution >= 0.6 is 0 Å². The van der Waals surface area contributed by atoms with E-state index >= 15 is 0 Å². The van der Waals surface area contributed by atoms with Crippen molar-refractivity contribution in [3.05, 3.63) is 23.7 Å². The third-order valence-corrected chi connectivity index (χ3v) is 4.58. The minimum atomic E-state index is 0.406. The molecule has 2 atom stereocenters. The summed E-state index contributed by atoms with van der Waals surface area (Å²) in [6, 6.07) is 2.80. The second kappa shape index (κ2) is 6.31. The van der Waals surface area contributed by atoms with Crippen LogP contribution in [-0.2, 0) is 17.9 Å². The molecule has 2 unspecified atom stereocenters. The van der Waals surface area contributed by atoms with Gasteiger partial charge in [0.25, 0.3) is 0 Å². The standard InChI is InChI=1S/C17H27NO2/c1-12-7-13(2)9-16(8-12)20-11-17-14(5-6-19-17)10-18-15-3-4-15/h5-6,12-13,15-16,18H,3-4,7-11H2,1-2H3. The molecule has 1 aromatic heterocycles. The van der Waals surface area contributed by atoms with Crippen LogP contribution in [-0.4, -0.2) is 12.1 Å². The first-order valence-corrected chi connectivity index (χ1v) is 8.11. The summed E-state index contributed by atoms with van der Waals surface area (Å²) in [6.07, 6.45) is 8.57. The topological polar surface area (TPSA) is 34.4 Å². The third kappa shape index (κ3) is 3.86. The monoisotopic (exact) mass is 277 g/mol. The summed E-state index contributed by atoms with van der Waals surface area (Å²) in [7, 11) is 0. The molecule has 0 spiro atoms. The van der Waals surface area contributed by atoms with Crippen molar-refractivity contribution in [2.24, 2.45) is 11.8 Å². The first-order valence-electron chi connectivity index (χ1n) is 8.11. The molecule has 2 aliphatic carbocycles. The van der Waals surface area contributed by atoms with Gasteiger partial charge >= 0.3 is 0 Å². The normalized spacial score (nSPS) is 30.6. The number of nitrogens with one attached hydrogen (secondary N) is 1. The number of furan rings is 1. The molecule has 0 aliphatic heterocycles. The minimum absolute atomic E-state index is 0.406. The summed E-state index contributed by atoms with van der Waals surface area (Å²) in [4.78, 5) is 0. The molecule has 2 aliphatic rings. The summed E-state index contributed by atoms with van der Waals surface area (Å²) in [6.45, 7) is 6.21. The second-order valence-electron chi connectivity index (χ2n) is 6.87. The highest BCUT2D eigenvalue weighted by molar-refractivity contribution is 5.16. The van der Waals surface area contributed by atoms with Crippen LogP contribution in [0.4, 0.5) is 0 Å². The summed E-state index contributed by atoms with van der Waals surface area (Å²) >= 11 is 0. The lowest BCUT2D eigenvalue weighted by molar-refractivity contribution is -0.0160. The van der Waals surface area contributed by atoms with E-state index in [2.05, 4.69) is 25.2 Å². The van der Waals surface area contributed by atoms with E-state index in [-0.39, 0.29) is 0 Å². The van der Waals surface area contributed by atoms with Gasteiger partial charge in [0, 0.05) is 18.2 Å². The molecule has 3 nitrogen and oxygen atoms in total. The fourth-order valence-electron chi connectivity index (χ4n) is 3.40. The quantitative estimate of drug-likeness (QED) is 0.857. The predicted octanol–water partition coefficient (Wildman–Crippen LogP) is 3.87. The highest BCUT2D eigenvalue weighted by Crippen LogP contribution is 2.31. The van der Waals surface area contributed by atoms with E-state index in [9.17, 15) is 0 Å². The first-order chi connectivity index (χ1) is 9.70. The van der Waals surface area contributed by atoms with Gasteiger partial charge in [-0.2, -0.15) is 0 Å². The average Bonchev–Trinajstić information content (AvgIpc) is 3.12. The first kappa shape index (κ1) is 14.2. The van der Waals surface area contributed by atoms with Crippen molar-refractivity contribution in [2.45, 2.75) is 71.2 Å². The maximum absolute atomic E-state index is 6.11. The molecule has 3 rings (SSSR count). The largest absolute Gasteiger partial charge is 0.467 e. The van der Waals surface area contributed by atoms with Crippen LogP contribution in [0, 0.1) is 11.8 Å². The minimum Gasteiger partial charge on any atom is -0.467 e. The van der Waals surface area contributed by atoms with Crippen LogP contribution in [0.5, 0.6) is 0 Å². The molecular formula is C17H27NO2. The summed E-state index contributed by atoms with van der Waals surface area (Å²) in [5, 5.41) is 3.54. The highest BCUT2D eigenvalue weighted by Gasteiger charge is 2.25. The molecule has 20 heavy (non-hydrogen) atoms. The molecule has 2 fully saturated rings. The van der Waals surface area contributed by atoms with Crippen LogP contribution in [0.3, 0.4) is 0 Å². The lowest BCUT2D eigenvalue weighted by Crippen LogP contribution is -2.26. The maximum atomic E-state index is 6.11. The van der Waals surface area contributed by atoms with Crippen LogP contribution in [0.25, 0.3) is 0 Å². The van der Waals surface area contributed by atoms with Gasteiger partial charge in [-0.25, -0.2) is 0 Å². The third-order valence-electron chi connectivity index (χ3n) is 4.58. The molecular weight excluding hydrogens is 250 g/mol. The molecule has 0 bridgehead atoms. The zero-order chi connectivity index (χ0) is 13.9. The molecule has 0 radical (unpaired) electrons. The molecule has 1 heterocycles. The van der Waals surface area contributed by atoms with Gasteiger partial charge in [0.1, 0.15) is 12.4 Å². The summed E-state index contributed by atoms with van der Waals surface area (Å²) in [5.41, 5.74) is 1.26. The van der Waals surface area contributed by atoms with Gasteiger partial charge < -0.3 is 14.5 Å². The van der Waals surface area contributed by atoms with Crippen molar-refractivity contribution in [1.82, 2.24) is 5.32 Å². The van der Waals surface area contributed by atoms with E-state index in [0.29, 0.717) is 12.7 Å². The van der Waals surface area contributed by atoms with E-state index in [1.54, 1.807) is 6.26 Å². The van der Waals surface area contributed by atoms with E-state index < -0.39 is 0 Å². The molecule has 0 saturated heterocycles. The second-order valence-corrected chi connectivity index (χ2v) is 6.87. The Balaban J connectivity index is 1.48. The molecule has 1 aromatic rings. The Morgan fingerprint density at radius 2 is 1.95 bits per heavy atom. The van der Waals surface area contributed by atoms with E-state index in [1.807, 2.05) is 0 Å². The van der Waals surface area contributed by atoms with Gasteiger partial charge in [-0.3, -0.25) is 0 Å². The van der Waals surface area contributed by atoms with E-state index in [1.165, 1.54) is 37.7 Å². The molecule has 112 valence electrons. The Morgan fingerprint density at radius 1 is 1.20 bits per heavy atom. The van der Waals surface area contributed by atoms with Gasteiger partial charge in [0.15, 0.2) is 0 Å². The van der Waals surface area contributed by atoms with Crippen molar-refractivity contribution in [3.63, 3.8) is 0 Å². The molecule has 2 saturated carbocycles. The maximum Gasteiger partial charge on any atom is 0.133 e. The van der Waals surface area contributed by atoms with Crippen LogP contribution in [0.15, 0.2) is 16.7 Å². The Bertz CT molecular complexity index is 414. The smallest absolute Gasteiger partial charge is 0.133 e. The fourth-order valence-corrected chi connectivity index (χ4v) is 3.40. The number of hydrogen-bond acceptors (Lipinski definition) is 3. The van der Waals surface area contributed by atoms with Gasteiger partial charge in [0.05, 0.1) is 12.4 Å². The van der Waals surface area contributed by atoms with Crippen LogP contribution in [0.2, 0.25) is 0 Å². The summed E-state index contributed by atoms with van der Waals surface area (Å²) < 4.78 is 11.7. The molecule has 0 amide bonds. The van der Waals surface area contributed by atoms with Gasteiger partial charge in [0.2, 0.25) is 0 Å². The zero-order valence-electron chi connectivity index (χ0n) is 12.7.